The Morgan fingerprint density at radius 3 is 1.86 bits per heavy atom. The fraction of sp³-hybridized carbons (Fsp3) is 0.600. The molecule has 1 radical (unpaired) electrons. The van der Waals surface area contributed by atoms with Crippen molar-refractivity contribution in [3.05, 3.63) is 12.8 Å². The molecular formula is C5H11OSi. The van der Waals surface area contributed by atoms with E-state index in [4.69, 9.17) is 11.0 Å². The van der Waals surface area contributed by atoms with Crippen molar-refractivity contribution < 1.29 is 4.43 Å². The van der Waals surface area contributed by atoms with E-state index in [1.807, 2.05) is 0 Å². The summed E-state index contributed by atoms with van der Waals surface area (Å²) in [7, 11) is -1.34. The van der Waals surface area contributed by atoms with E-state index in [-0.39, 0.29) is 0 Å². The fourth-order valence-electron chi connectivity index (χ4n) is 0.204. The molecule has 0 unspecified atom stereocenters. The average Bonchev–Trinajstić information content (AvgIpc) is 1.30. The second kappa shape index (κ2) is 2.16. The largest absolute Gasteiger partial charge is 0.550 e. The van der Waals surface area contributed by atoms with Gasteiger partial charge in [-0.1, -0.05) is 0 Å². The van der Waals surface area contributed by atoms with Crippen LogP contribution in [0.25, 0.3) is 0 Å². The molecule has 0 heterocycles. The highest BCUT2D eigenvalue weighted by Gasteiger charge is 2.11. The van der Waals surface area contributed by atoms with Crippen LogP contribution >= 0.6 is 0 Å². The van der Waals surface area contributed by atoms with E-state index in [0.717, 1.165) is 0 Å². The van der Waals surface area contributed by atoms with Crippen LogP contribution in [0.4, 0.5) is 0 Å². The van der Waals surface area contributed by atoms with Gasteiger partial charge in [0.1, 0.15) is 0 Å². The minimum Gasteiger partial charge on any atom is -0.550 e. The second-order valence-corrected chi connectivity index (χ2v) is 6.83. The van der Waals surface area contributed by atoms with Crippen LogP contribution in [0, 0.1) is 6.58 Å². The first-order valence-corrected chi connectivity index (χ1v) is 5.68. The number of hydrogen-bond acceptors (Lipinski definition) is 1. The van der Waals surface area contributed by atoms with Crippen LogP contribution in [0.1, 0.15) is 0 Å². The summed E-state index contributed by atoms with van der Waals surface area (Å²) >= 11 is 0. The van der Waals surface area contributed by atoms with E-state index in [1.165, 1.54) is 6.26 Å². The topological polar surface area (TPSA) is 9.23 Å². The summed E-state index contributed by atoms with van der Waals surface area (Å²) in [5.41, 5.74) is 0. The average molecular weight is 115 g/mol. The highest BCUT2D eigenvalue weighted by Crippen LogP contribution is 2.00. The molecule has 0 aliphatic heterocycles. The molecule has 0 aliphatic rings. The summed E-state index contributed by atoms with van der Waals surface area (Å²) in [6.07, 6.45) is 1.27. The molecule has 2 heteroatoms. The van der Waals surface area contributed by atoms with Gasteiger partial charge in [-0.15, -0.1) is 0 Å². The lowest BCUT2D eigenvalue weighted by Crippen LogP contribution is -2.21. The summed E-state index contributed by atoms with van der Waals surface area (Å²) in [4.78, 5) is 0. The normalized spacial score (nSPS) is 10.7. The van der Waals surface area contributed by atoms with Gasteiger partial charge in [0, 0.05) is 0 Å². The molecule has 0 saturated carbocycles. The van der Waals surface area contributed by atoms with Crippen LogP contribution in [0.15, 0.2) is 6.26 Å². The summed E-state index contributed by atoms with van der Waals surface area (Å²) in [6, 6.07) is 0. The molecule has 0 aromatic carbocycles. The van der Waals surface area contributed by atoms with E-state index in [0.29, 0.717) is 0 Å². The second-order valence-electron chi connectivity index (χ2n) is 2.37. The van der Waals surface area contributed by atoms with Gasteiger partial charge in [-0.3, -0.25) is 0 Å². The van der Waals surface area contributed by atoms with Crippen molar-refractivity contribution in [2.24, 2.45) is 0 Å². The Balaban J connectivity index is 3.34. The van der Waals surface area contributed by atoms with Gasteiger partial charge in [0.2, 0.25) is 8.32 Å². The maximum atomic E-state index is 5.02. The quantitative estimate of drug-likeness (QED) is 0.394. The highest BCUT2D eigenvalue weighted by molar-refractivity contribution is 6.69. The monoisotopic (exact) mass is 115 g/mol. The van der Waals surface area contributed by atoms with E-state index in [1.54, 1.807) is 0 Å². The molecule has 0 aromatic rings. The zero-order valence-electron chi connectivity index (χ0n) is 5.06. The van der Waals surface area contributed by atoms with Crippen molar-refractivity contribution in [1.82, 2.24) is 0 Å². The first-order chi connectivity index (χ1) is 3.06. The van der Waals surface area contributed by atoms with Gasteiger partial charge >= 0.3 is 0 Å². The van der Waals surface area contributed by atoms with Gasteiger partial charge in [-0.25, -0.2) is 0 Å². The van der Waals surface area contributed by atoms with Crippen LogP contribution in [-0.4, -0.2) is 8.32 Å². The molecule has 0 fully saturated rings. The highest BCUT2D eigenvalue weighted by atomic mass is 28.4. The third-order valence-corrected chi connectivity index (χ3v) is 1.26. The van der Waals surface area contributed by atoms with Gasteiger partial charge in [-0.2, -0.15) is 0 Å². The maximum Gasteiger partial charge on any atom is 0.241 e. The van der Waals surface area contributed by atoms with E-state index in [9.17, 15) is 0 Å². The predicted octanol–water partition coefficient (Wildman–Crippen LogP) is 1.78. The summed E-state index contributed by atoms with van der Waals surface area (Å²) < 4.78 is 5.02. The predicted molar refractivity (Wildman–Crippen MR) is 33.3 cm³/mol. The van der Waals surface area contributed by atoms with E-state index < -0.39 is 8.32 Å². The Hall–Kier alpha value is -0.243. The summed E-state index contributed by atoms with van der Waals surface area (Å²) in [5, 5.41) is 0. The zero-order valence-corrected chi connectivity index (χ0v) is 6.06. The molecule has 7 heavy (non-hydrogen) atoms. The third-order valence-electron chi connectivity index (χ3n) is 0.422. The van der Waals surface area contributed by atoms with Gasteiger partial charge in [0.15, 0.2) is 0 Å². The number of rotatable bonds is 2. The third kappa shape index (κ3) is 5.76. The Bertz CT molecular complexity index is 63.0. The minimum atomic E-state index is -1.34. The Labute approximate surface area is 46.1 Å². The van der Waals surface area contributed by atoms with E-state index >= 15 is 0 Å². The lowest BCUT2D eigenvalue weighted by molar-refractivity contribution is 0.480. The van der Waals surface area contributed by atoms with Crippen molar-refractivity contribution in [1.29, 1.82) is 0 Å². The molecule has 0 rings (SSSR count). The van der Waals surface area contributed by atoms with Crippen molar-refractivity contribution in [2.75, 3.05) is 0 Å². The van der Waals surface area contributed by atoms with Crippen molar-refractivity contribution in [3.8, 4) is 0 Å². The van der Waals surface area contributed by atoms with Crippen LogP contribution in [0.2, 0.25) is 19.6 Å². The zero-order chi connectivity index (χ0) is 5.91. The van der Waals surface area contributed by atoms with Gasteiger partial charge in [0.25, 0.3) is 0 Å². The molecular weight excluding hydrogens is 104 g/mol. The fourth-order valence-corrected chi connectivity index (χ4v) is 0.612. The lowest BCUT2D eigenvalue weighted by atomic mass is 11.2. The molecule has 0 amide bonds. The molecule has 0 aliphatic carbocycles. The standard InChI is InChI=1S/C5H11OSi/c1-5-6-7(2,3)4/h1,5H,2-4H3. The molecule has 0 saturated heterocycles. The SMILES string of the molecule is [CH]=CO[Si](C)(C)C. The Kier molecular flexibility index (Phi) is 2.09. The molecule has 0 bridgehead atoms. The smallest absolute Gasteiger partial charge is 0.241 e. The first kappa shape index (κ1) is 6.76. The molecule has 41 valence electrons. The molecule has 1 nitrogen and oxygen atoms in total. The summed E-state index contributed by atoms with van der Waals surface area (Å²) in [6.45, 7) is 11.2. The van der Waals surface area contributed by atoms with Crippen LogP contribution in [0.5, 0.6) is 0 Å². The lowest BCUT2D eigenvalue weighted by Gasteiger charge is -2.13. The van der Waals surface area contributed by atoms with Crippen LogP contribution < -0.4 is 0 Å². The number of hydrogen-bond donors (Lipinski definition) is 0. The van der Waals surface area contributed by atoms with E-state index in [2.05, 4.69) is 19.6 Å². The first-order valence-electron chi connectivity index (χ1n) is 2.27. The molecule has 0 spiro atoms. The summed E-state index contributed by atoms with van der Waals surface area (Å²) in [5.74, 6) is 0. The van der Waals surface area contributed by atoms with Gasteiger partial charge < -0.3 is 4.43 Å². The molecule has 0 atom stereocenters. The van der Waals surface area contributed by atoms with Crippen LogP contribution in [-0.2, 0) is 4.43 Å². The van der Waals surface area contributed by atoms with Crippen molar-refractivity contribution in [3.63, 3.8) is 0 Å². The molecule has 0 N–H and O–H groups in total. The molecule has 0 aromatic heterocycles. The van der Waals surface area contributed by atoms with Crippen LogP contribution in [0.3, 0.4) is 0 Å². The Morgan fingerprint density at radius 2 is 1.86 bits per heavy atom. The minimum absolute atomic E-state index is 1.27. The van der Waals surface area contributed by atoms with Gasteiger partial charge in [-0.05, 0) is 26.2 Å². The van der Waals surface area contributed by atoms with Crippen molar-refractivity contribution in [2.45, 2.75) is 19.6 Å². The Morgan fingerprint density at radius 1 is 1.43 bits per heavy atom. The van der Waals surface area contributed by atoms with Gasteiger partial charge in [0.05, 0.1) is 6.26 Å². The maximum absolute atomic E-state index is 5.02. The van der Waals surface area contributed by atoms with Crippen molar-refractivity contribution >= 4 is 8.32 Å².